The highest BCUT2D eigenvalue weighted by atomic mass is 19.3. The van der Waals surface area contributed by atoms with Gasteiger partial charge in [0.1, 0.15) is 0 Å². The normalized spacial score (nSPS) is 15.3. The molecule has 0 bridgehead atoms. The second-order valence-electron chi connectivity index (χ2n) is 8.32. The second-order valence-corrected chi connectivity index (χ2v) is 8.32. The number of halogens is 2. The van der Waals surface area contributed by atoms with Crippen molar-refractivity contribution in [2.24, 2.45) is 5.92 Å². The summed E-state index contributed by atoms with van der Waals surface area (Å²) in [6.07, 6.45) is 11.1. The van der Waals surface area contributed by atoms with Crippen LogP contribution >= 0.6 is 0 Å². The number of methoxy groups -OCH3 is 1. The van der Waals surface area contributed by atoms with Crippen LogP contribution in [-0.2, 0) is 28.9 Å². The molecular weight excluding hydrogens is 424 g/mol. The Balaban J connectivity index is 0.000000696. The summed E-state index contributed by atoms with van der Waals surface area (Å²) in [6, 6.07) is 8.37. The molecule has 2 aromatic rings. The molecule has 0 saturated heterocycles. The number of fused-ring (bicyclic) bond motifs is 3. The molecule has 7 heteroatoms. The van der Waals surface area contributed by atoms with Gasteiger partial charge in [-0.15, -0.1) is 6.58 Å². The number of alkyl halides is 2. The van der Waals surface area contributed by atoms with Crippen LogP contribution in [0.4, 0.5) is 8.78 Å². The van der Waals surface area contributed by atoms with Gasteiger partial charge in [0.05, 0.1) is 11.6 Å². The van der Waals surface area contributed by atoms with Crippen LogP contribution in [0.15, 0.2) is 43.0 Å². The number of nitrogens with one attached hydrogen (secondary N) is 1. The molecule has 1 heterocycles. The van der Waals surface area contributed by atoms with Crippen LogP contribution in [0.3, 0.4) is 0 Å². The molecule has 1 amide bonds. The third-order valence-corrected chi connectivity index (χ3v) is 5.64. The third kappa shape index (κ3) is 7.26. The summed E-state index contributed by atoms with van der Waals surface area (Å²) in [6.45, 7) is 5.83. The Hall–Kier alpha value is -2.98. The standard InChI is InChI=1S/C24H29N3O.C2H4F2O/c1-4-5-6-7-8-13-27-22-11-9-18(16-25)14-20(22)21-15-19(10-12-23(21)27)26-24(28)17(2)3;1-5-2(3)4/h4,7-9,11,14,17,19H,1,5-6,10,12-13,15H2,2-3H3,(H,26,28);2H,1H3/b8-7+;. The monoisotopic (exact) mass is 457 g/mol. The first-order valence-corrected chi connectivity index (χ1v) is 11.2. The molecule has 178 valence electrons. The van der Waals surface area contributed by atoms with Crippen LogP contribution in [0.5, 0.6) is 0 Å². The lowest BCUT2D eigenvalue weighted by molar-refractivity contribution is -0.124. The number of allylic oxidation sites excluding steroid dienone is 3. The van der Waals surface area contributed by atoms with Crippen molar-refractivity contribution in [2.45, 2.75) is 65.1 Å². The molecule has 1 aromatic carbocycles. The number of benzene rings is 1. The van der Waals surface area contributed by atoms with E-state index in [1.165, 1.54) is 16.8 Å². The van der Waals surface area contributed by atoms with E-state index in [2.05, 4.69) is 45.5 Å². The molecule has 0 saturated carbocycles. The van der Waals surface area contributed by atoms with Gasteiger partial charge in [0.15, 0.2) is 0 Å². The third-order valence-electron chi connectivity index (χ3n) is 5.64. The van der Waals surface area contributed by atoms with Crippen LogP contribution < -0.4 is 5.32 Å². The minimum Gasteiger partial charge on any atom is -0.353 e. The number of unbranched alkanes of at least 4 members (excludes halogenated alkanes) is 1. The predicted molar refractivity (Wildman–Crippen MR) is 127 cm³/mol. The molecule has 1 unspecified atom stereocenters. The first-order valence-electron chi connectivity index (χ1n) is 11.2. The van der Waals surface area contributed by atoms with Crippen molar-refractivity contribution in [3.05, 3.63) is 59.8 Å². The molecule has 5 nitrogen and oxygen atoms in total. The number of amides is 1. The average Bonchev–Trinajstić information content (AvgIpc) is 3.11. The summed E-state index contributed by atoms with van der Waals surface area (Å²) in [4.78, 5) is 12.1. The van der Waals surface area contributed by atoms with E-state index in [0.29, 0.717) is 5.56 Å². The molecule has 1 N–H and O–H groups in total. The van der Waals surface area contributed by atoms with Gasteiger partial charge in [-0.05, 0) is 55.9 Å². The van der Waals surface area contributed by atoms with E-state index >= 15 is 0 Å². The van der Waals surface area contributed by atoms with Crippen LogP contribution in [-0.4, -0.2) is 30.2 Å². The number of hydrogen-bond donors (Lipinski definition) is 1. The van der Waals surface area contributed by atoms with E-state index < -0.39 is 6.61 Å². The lowest BCUT2D eigenvalue weighted by Crippen LogP contribution is -2.40. The summed E-state index contributed by atoms with van der Waals surface area (Å²) in [7, 11) is 0.949. The van der Waals surface area contributed by atoms with E-state index in [4.69, 9.17) is 0 Å². The van der Waals surface area contributed by atoms with E-state index in [1.807, 2.05) is 32.1 Å². The Kier molecular flexibility index (Phi) is 10.3. The van der Waals surface area contributed by atoms with Crippen LogP contribution in [0.2, 0.25) is 0 Å². The van der Waals surface area contributed by atoms with Crippen molar-refractivity contribution < 1.29 is 18.3 Å². The Bertz CT molecular complexity index is 1020. The molecule has 0 aliphatic heterocycles. The number of carbonyl (C=O) groups is 1. The predicted octanol–water partition coefficient (Wildman–Crippen LogP) is 5.52. The fourth-order valence-electron chi connectivity index (χ4n) is 3.93. The van der Waals surface area contributed by atoms with Crippen molar-refractivity contribution in [1.29, 1.82) is 5.26 Å². The second kappa shape index (κ2) is 12.9. The summed E-state index contributed by atoms with van der Waals surface area (Å²) in [5.74, 6) is 0.105. The van der Waals surface area contributed by atoms with E-state index in [1.54, 1.807) is 0 Å². The minimum absolute atomic E-state index is 0.00589. The molecule has 1 aliphatic carbocycles. The first-order chi connectivity index (χ1) is 15.8. The molecular formula is C26H33F2N3O2. The lowest BCUT2D eigenvalue weighted by Gasteiger charge is -2.25. The van der Waals surface area contributed by atoms with Crippen molar-refractivity contribution in [3.8, 4) is 6.07 Å². The molecule has 0 spiro atoms. The molecule has 33 heavy (non-hydrogen) atoms. The molecule has 1 aliphatic rings. The van der Waals surface area contributed by atoms with E-state index in [9.17, 15) is 18.8 Å². The highest BCUT2D eigenvalue weighted by Gasteiger charge is 2.26. The maximum atomic E-state index is 12.1. The number of hydrogen-bond acceptors (Lipinski definition) is 3. The van der Waals surface area contributed by atoms with Gasteiger partial charge in [-0.1, -0.05) is 32.1 Å². The maximum Gasteiger partial charge on any atom is 0.345 e. The smallest absolute Gasteiger partial charge is 0.345 e. The number of nitriles is 1. The van der Waals surface area contributed by atoms with Crippen LogP contribution in [0, 0.1) is 17.2 Å². The molecule has 0 fully saturated rings. The lowest BCUT2D eigenvalue weighted by atomic mass is 9.90. The molecule has 3 rings (SSSR count). The summed E-state index contributed by atoms with van der Waals surface area (Å²) in [5.41, 5.74) is 4.48. The Morgan fingerprint density at radius 1 is 1.36 bits per heavy atom. The van der Waals surface area contributed by atoms with Gasteiger partial charge in [0.25, 0.3) is 0 Å². The summed E-state index contributed by atoms with van der Waals surface area (Å²) in [5, 5.41) is 13.7. The van der Waals surface area contributed by atoms with Crippen molar-refractivity contribution in [3.63, 3.8) is 0 Å². The number of aromatic nitrogens is 1. The van der Waals surface area contributed by atoms with Gasteiger partial charge in [-0.3, -0.25) is 4.79 Å². The summed E-state index contributed by atoms with van der Waals surface area (Å²) < 4.78 is 26.9. The number of ether oxygens (including phenoxy) is 1. The Labute approximate surface area is 194 Å². The largest absolute Gasteiger partial charge is 0.353 e. The topological polar surface area (TPSA) is 67.0 Å². The Morgan fingerprint density at radius 3 is 2.70 bits per heavy atom. The Morgan fingerprint density at radius 2 is 2.09 bits per heavy atom. The zero-order valence-corrected chi connectivity index (χ0v) is 19.6. The van der Waals surface area contributed by atoms with Gasteiger partial charge >= 0.3 is 6.61 Å². The van der Waals surface area contributed by atoms with Crippen LogP contribution in [0.1, 0.15) is 49.9 Å². The summed E-state index contributed by atoms with van der Waals surface area (Å²) >= 11 is 0. The minimum atomic E-state index is -2.62. The average molecular weight is 458 g/mol. The number of nitrogens with zero attached hydrogens (tertiary/aromatic N) is 2. The molecule has 1 atom stereocenters. The highest BCUT2D eigenvalue weighted by Crippen LogP contribution is 2.33. The first kappa shape index (κ1) is 26.3. The van der Waals surface area contributed by atoms with Gasteiger partial charge in [-0.2, -0.15) is 14.0 Å². The number of rotatable bonds is 8. The maximum absolute atomic E-state index is 12.1. The quantitative estimate of drug-likeness (QED) is 0.419. The van der Waals surface area contributed by atoms with E-state index in [-0.39, 0.29) is 17.9 Å². The van der Waals surface area contributed by atoms with Crippen molar-refractivity contribution in [1.82, 2.24) is 9.88 Å². The molecule has 1 aromatic heterocycles. The molecule has 0 radical (unpaired) electrons. The zero-order chi connectivity index (χ0) is 24.4. The fraction of sp³-hybridized carbons (Fsp3) is 0.462. The highest BCUT2D eigenvalue weighted by molar-refractivity contribution is 5.87. The van der Waals surface area contributed by atoms with Gasteiger partial charge < -0.3 is 14.6 Å². The van der Waals surface area contributed by atoms with E-state index in [0.717, 1.165) is 51.1 Å². The van der Waals surface area contributed by atoms with Crippen molar-refractivity contribution >= 4 is 16.8 Å². The van der Waals surface area contributed by atoms with Crippen LogP contribution in [0.25, 0.3) is 10.9 Å². The van der Waals surface area contributed by atoms with Gasteiger partial charge in [0, 0.05) is 42.2 Å². The van der Waals surface area contributed by atoms with Gasteiger partial charge in [-0.25, -0.2) is 0 Å². The zero-order valence-electron chi connectivity index (χ0n) is 19.6. The van der Waals surface area contributed by atoms with Gasteiger partial charge in [0.2, 0.25) is 5.91 Å². The number of carbonyl (C=O) groups excluding carboxylic acids is 1. The van der Waals surface area contributed by atoms with Crippen molar-refractivity contribution in [2.75, 3.05) is 7.11 Å². The fourth-order valence-corrected chi connectivity index (χ4v) is 3.93. The SMILES string of the molecule is C=CCC/C=C/Cn1c2c(c3cc(C#N)ccc31)CC(NC(=O)C(C)C)CC2.COC(F)F.